The summed E-state index contributed by atoms with van der Waals surface area (Å²) in [4.78, 5) is 40.1. The molecule has 0 aromatic rings. The van der Waals surface area contributed by atoms with E-state index in [4.69, 9.17) is 17.3 Å². The maximum atomic E-state index is 13.4. The molecule has 4 aliphatic rings. The molecule has 5 N–H and O–H groups in total. The average molecular weight is 513 g/mol. The Bertz CT molecular complexity index is 1090. The van der Waals surface area contributed by atoms with Gasteiger partial charge in [0.05, 0.1) is 23.9 Å². The summed E-state index contributed by atoms with van der Waals surface area (Å²) in [5.41, 5.74) is 2.64. The molecule has 186 valence electrons. The van der Waals surface area contributed by atoms with Crippen LogP contribution in [0.4, 0.5) is 0 Å². The van der Waals surface area contributed by atoms with Crippen LogP contribution < -0.4 is 15.8 Å². The molecule has 2 saturated carbocycles. The minimum Gasteiger partial charge on any atom is -0.387 e. The largest absolute Gasteiger partial charge is 0.387 e. The number of hydrogen-bond acceptors (Lipinski definition) is 7. The third kappa shape index (κ3) is 4.53. The highest BCUT2D eigenvalue weighted by Gasteiger charge is 2.62. The van der Waals surface area contributed by atoms with Gasteiger partial charge in [0.25, 0.3) is 5.91 Å². The molecule has 1 unspecified atom stereocenters. The fourth-order valence-corrected chi connectivity index (χ4v) is 6.43. The molecular weight excluding hydrogens is 484 g/mol. The van der Waals surface area contributed by atoms with Crippen LogP contribution in [-0.2, 0) is 24.4 Å². The number of nitrogens with two attached hydrogens (primary N) is 1. The van der Waals surface area contributed by atoms with Gasteiger partial charge in [-0.05, 0) is 31.8 Å². The first-order valence-corrected chi connectivity index (χ1v) is 13.1. The molecule has 0 aromatic carbocycles. The van der Waals surface area contributed by atoms with E-state index < -0.39 is 62.0 Å². The normalized spacial score (nSPS) is 34.9. The van der Waals surface area contributed by atoms with Gasteiger partial charge in [0.1, 0.15) is 11.6 Å². The molecule has 3 aliphatic carbocycles. The van der Waals surface area contributed by atoms with E-state index >= 15 is 0 Å². The van der Waals surface area contributed by atoms with Crippen molar-refractivity contribution in [2.24, 2.45) is 17.6 Å². The molecule has 10 nitrogen and oxygen atoms in total. The predicted molar refractivity (Wildman–Crippen MR) is 125 cm³/mol. The summed E-state index contributed by atoms with van der Waals surface area (Å²) in [6, 6.07) is -1.09. The SMILES string of the molecule is C=C[C@@H]1C[C@]1(NC(=O)[C@@H]1C[C@@](O)(C2C=CC=C(Cl)C2)CN1C(=O)CN)C(=O)NS(=O)(=O)C1CC1. The smallest absolute Gasteiger partial charge is 0.259 e. The number of hydrogen-bond donors (Lipinski definition) is 4. The van der Waals surface area contributed by atoms with Crippen LogP contribution in [0.5, 0.6) is 0 Å². The van der Waals surface area contributed by atoms with Crippen molar-refractivity contribution in [3.8, 4) is 0 Å². The zero-order chi connectivity index (χ0) is 24.9. The maximum absolute atomic E-state index is 13.4. The van der Waals surface area contributed by atoms with E-state index in [1.807, 2.05) is 0 Å². The van der Waals surface area contributed by atoms with Crippen molar-refractivity contribution in [1.82, 2.24) is 14.9 Å². The predicted octanol–water partition coefficient (Wildman–Crippen LogP) is -0.355. The van der Waals surface area contributed by atoms with Gasteiger partial charge in [-0.25, -0.2) is 8.42 Å². The van der Waals surface area contributed by atoms with Crippen LogP contribution in [0.2, 0.25) is 0 Å². The van der Waals surface area contributed by atoms with Crippen molar-refractivity contribution in [3.05, 3.63) is 35.9 Å². The molecule has 0 radical (unpaired) electrons. The fraction of sp³-hybridized carbons (Fsp3) is 0.591. The molecule has 1 heterocycles. The summed E-state index contributed by atoms with van der Waals surface area (Å²) < 4.78 is 26.7. The van der Waals surface area contributed by atoms with Crippen molar-refractivity contribution < 1.29 is 27.9 Å². The number of halogens is 1. The molecule has 1 saturated heterocycles. The van der Waals surface area contributed by atoms with Crippen molar-refractivity contribution in [2.45, 2.75) is 54.5 Å². The van der Waals surface area contributed by atoms with Crippen molar-refractivity contribution >= 4 is 39.3 Å². The molecule has 0 aromatic heterocycles. The highest BCUT2D eigenvalue weighted by Crippen LogP contribution is 2.46. The quantitative estimate of drug-likeness (QED) is 0.323. The van der Waals surface area contributed by atoms with Gasteiger partial charge in [-0.3, -0.25) is 19.1 Å². The number of carbonyl (C=O) groups is 3. The highest BCUT2D eigenvalue weighted by molar-refractivity contribution is 7.91. The molecule has 3 amide bonds. The molecule has 0 spiro atoms. The Morgan fingerprint density at radius 3 is 2.59 bits per heavy atom. The summed E-state index contributed by atoms with van der Waals surface area (Å²) >= 11 is 6.13. The van der Waals surface area contributed by atoms with E-state index in [1.165, 1.54) is 11.0 Å². The van der Waals surface area contributed by atoms with Gasteiger partial charge in [-0.2, -0.15) is 0 Å². The van der Waals surface area contributed by atoms with Crippen LogP contribution in [0, 0.1) is 11.8 Å². The number of allylic oxidation sites excluding steroid dienone is 3. The number of nitrogens with one attached hydrogen (secondary N) is 2. The summed E-state index contributed by atoms with van der Waals surface area (Å²) in [5.74, 6) is -2.89. The van der Waals surface area contributed by atoms with Gasteiger partial charge in [0.15, 0.2) is 0 Å². The number of β-amino-alcohol motifs (C(OH)–C–C–N with tert-alkyl or cyclic N) is 1. The molecule has 1 aliphatic heterocycles. The van der Waals surface area contributed by atoms with Crippen molar-refractivity contribution in [2.75, 3.05) is 13.1 Å². The lowest BCUT2D eigenvalue weighted by Gasteiger charge is -2.31. The number of rotatable bonds is 8. The lowest BCUT2D eigenvalue weighted by Crippen LogP contribution is -2.57. The average Bonchev–Trinajstić information content (AvgIpc) is 3.70. The Kier molecular flexibility index (Phi) is 6.43. The Balaban J connectivity index is 1.54. The standard InChI is InChI=1S/C22H29ClN4O6S/c1-2-13-9-22(13,20(30)26-34(32,33)16-6-7-16)25-19(29)17-10-21(31,12-27(17)18(28)11-24)14-4-3-5-15(23)8-14/h2-5,13-14,16-17,31H,1,6-12,24H2,(H,25,29)(H,26,30)/t13-,14?,17+,21+,22-/m1/s1. The number of nitrogens with zero attached hydrogens (tertiary/aromatic N) is 1. The van der Waals surface area contributed by atoms with Crippen LogP contribution in [0.1, 0.15) is 32.1 Å². The second-order valence-electron chi connectivity index (χ2n) is 9.54. The van der Waals surface area contributed by atoms with Crippen molar-refractivity contribution in [1.29, 1.82) is 0 Å². The summed E-state index contributed by atoms with van der Waals surface area (Å²) in [7, 11) is -3.81. The summed E-state index contributed by atoms with van der Waals surface area (Å²) in [6.07, 6.45) is 8.12. The number of amides is 3. The van der Waals surface area contributed by atoms with E-state index in [0.29, 0.717) is 24.3 Å². The Labute approximate surface area is 203 Å². The van der Waals surface area contributed by atoms with Gasteiger partial charge in [0.2, 0.25) is 21.8 Å². The van der Waals surface area contributed by atoms with E-state index in [-0.39, 0.29) is 25.9 Å². The third-order valence-corrected chi connectivity index (χ3v) is 9.24. The second-order valence-corrected chi connectivity index (χ2v) is 12.0. The number of sulfonamides is 1. The first-order valence-electron chi connectivity index (χ1n) is 11.2. The third-order valence-electron chi connectivity index (χ3n) is 7.14. The molecule has 0 bridgehead atoms. The topological polar surface area (TPSA) is 159 Å². The van der Waals surface area contributed by atoms with E-state index in [0.717, 1.165) is 0 Å². The van der Waals surface area contributed by atoms with Crippen LogP contribution >= 0.6 is 11.6 Å². The van der Waals surface area contributed by atoms with Gasteiger partial charge >= 0.3 is 0 Å². The molecular formula is C22H29ClN4O6S. The molecule has 34 heavy (non-hydrogen) atoms. The second kappa shape index (κ2) is 8.78. The fourth-order valence-electron chi connectivity index (χ4n) is 4.83. The van der Waals surface area contributed by atoms with Gasteiger partial charge < -0.3 is 21.1 Å². The highest BCUT2D eigenvalue weighted by atomic mass is 35.5. The van der Waals surface area contributed by atoms with Gasteiger partial charge in [-0.15, -0.1) is 6.58 Å². The lowest BCUT2D eigenvalue weighted by atomic mass is 9.81. The Morgan fingerprint density at radius 1 is 1.32 bits per heavy atom. The number of aliphatic hydroxyl groups is 1. The maximum Gasteiger partial charge on any atom is 0.259 e. The van der Waals surface area contributed by atoms with E-state index in [9.17, 15) is 27.9 Å². The molecule has 3 fully saturated rings. The Hall–Kier alpha value is -2.21. The van der Waals surface area contributed by atoms with Crippen LogP contribution in [0.3, 0.4) is 0 Å². The Morgan fingerprint density at radius 2 is 2.03 bits per heavy atom. The van der Waals surface area contributed by atoms with Crippen molar-refractivity contribution in [3.63, 3.8) is 0 Å². The number of likely N-dealkylation sites (tertiary alicyclic amines) is 1. The first kappa shape index (κ1) is 24.9. The molecule has 12 heteroatoms. The zero-order valence-corrected chi connectivity index (χ0v) is 20.1. The van der Waals surface area contributed by atoms with Crippen LogP contribution in [0.25, 0.3) is 0 Å². The van der Waals surface area contributed by atoms with E-state index in [2.05, 4.69) is 16.6 Å². The van der Waals surface area contributed by atoms with Gasteiger partial charge in [0, 0.05) is 23.3 Å². The van der Waals surface area contributed by atoms with E-state index in [1.54, 1.807) is 18.2 Å². The summed E-state index contributed by atoms with van der Waals surface area (Å²) in [6.45, 7) is 3.19. The zero-order valence-electron chi connectivity index (χ0n) is 18.6. The first-order chi connectivity index (χ1) is 16.0. The van der Waals surface area contributed by atoms with Gasteiger partial charge in [-0.1, -0.05) is 29.8 Å². The molecule has 4 rings (SSSR count). The minimum atomic E-state index is -3.81. The monoisotopic (exact) mass is 512 g/mol. The summed E-state index contributed by atoms with van der Waals surface area (Å²) in [5, 5.41) is 14.0. The number of carbonyl (C=O) groups excluding carboxylic acids is 3. The van der Waals surface area contributed by atoms with Crippen LogP contribution in [0.15, 0.2) is 35.9 Å². The molecule has 5 atom stereocenters. The minimum absolute atomic E-state index is 0.0828. The lowest BCUT2D eigenvalue weighted by molar-refractivity contribution is -0.139. The van der Waals surface area contributed by atoms with Crippen LogP contribution in [-0.4, -0.2) is 71.7 Å².